The number of H-pyrrole nitrogens is 1. The number of aromatic nitrogens is 2. The lowest BCUT2D eigenvalue weighted by Crippen LogP contribution is -2.34. The Kier molecular flexibility index (Phi) is 4.81. The molecule has 19 heavy (non-hydrogen) atoms. The minimum absolute atomic E-state index is 0.348. The summed E-state index contributed by atoms with van der Waals surface area (Å²) in [7, 11) is 0. The SMILES string of the molecule is CCOC(=O)C(N)CSCc1nc2ccccc2[nH]1. The van der Waals surface area contributed by atoms with Gasteiger partial charge < -0.3 is 15.5 Å². The molecule has 0 aliphatic rings. The maximum Gasteiger partial charge on any atom is 0.323 e. The largest absolute Gasteiger partial charge is 0.465 e. The topological polar surface area (TPSA) is 81.0 Å². The minimum Gasteiger partial charge on any atom is -0.465 e. The number of benzene rings is 1. The lowest BCUT2D eigenvalue weighted by Gasteiger charge is -2.09. The van der Waals surface area contributed by atoms with Crippen molar-refractivity contribution in [3.05, 3.63) is 30.1 Å². The average Bonchev–Trinajstić information content (AvgIpc) is 2.81. The molecule has 0 saturated carbocycles. The van der Waals surface area contributed by atoms with Gasteiger partial charge in [0.2, 0.25) is 0 Å². The number of esters is 1. The number of fused-ring (bicyclic) bond motifs is 1. The van der Waals surface area contributed by atoms with E-state index in [1.54, 1.807) is 18.7 Å². The highest BCUT2D eigenvalue weighted by atomic mass is 32.2. The van der Waals surface area contributed by atoms with Crippen LogP contribution in [-0.4, -0.2) is 34.3 Å². The smallest absolute Gasteiger partial charge is 0.323 e. The molecule has 0 aliphatic heterocycles. The van der Waals surface area contributed by atoms with Crippen LogP contribution in [0.3, 0.4) is 0 Å². The van der Waals surface area contributed by atoms with E-state index in [4.69, 9.17) is 10.5 Å². The molecule has 2 aromatic rings. The molecule has 2 rings (SSSR count). The number of carbonyl (C=O) groups is 1. The van der Waals surface area contributed by atoms with E-state index in [-0.39, 0.29) is 5.97 Å². The first kappa shape index (κ1) is 13.9. The van der Waals surface area contributed by atoms with E-state index in [0.717, 1.165) is 16.9 Å². The summed E-state index contributed by atoms with van der Waals surface area (Å²) < 4.78 is 4.85. The Morgan fingerprint density at radius 1 is 1.53 bits per heavy atom. The Balaban J connectivity index is 1.84. The Labute approximate surface area is 115 Å². The molecule has 6 heteroatoms. The van der Waals surface area contributed by atoms with Crippen LogP contribution in [0.15, 0.2) is 24.3 Å². The molecule has 0 bridgehead atoms. The summed E-state index contributed by atoms with van der Waals surface area (Å²) in [5.74, 6) is 1.76. The Morgan fingerprint density at radius 3 is 3.05 bits per heavy atom. The lowest BCUT2D eigenvalue weighted by atomic mass is 10.3. The van der Waals surface area contributed by atoms with Crippen molar-refractivity contribution in [2.45, 2.75) is 18.7 Å². The van der Waals surface area contributed by atoms with Crippen molar-refractivity contribution in [2.24, 2.45) is 5.73 Å². The second kappa shape index (κ2) is 6.58. The fourth-order valence-electron chi connectivity index (χ4n) is 1.67. The van der Waals surface area contributed by atoms with Gasteiger partial charge in [0, 0.05) is 5.75 Å². The lowest BCUT2D eigenvalue weighted by molar-refractivity contribution is -0.144. The predicted molar refractivity (Wildman–Crippen MR) is 76.9 cm³/mol. The van der Waals surface area contributed by atoms with E-state index in [2.05, 4.69) is 9.97 Å². The number of rotatable bonds is 6. The van der Waals surface area contributed by atoms with Crippen LogP contribution in [0, 0.1) is 0 Å². The standard InChI is InChI=1S/C13H17N3O2S/c1-2-18-13(17)9(14)7-19-8-12-15-10-5-3-4-6-11(10)16-12/h3-6,9H,2,7-8,14H2,1H3,(H,15,16). The predicted octanol–water partition coefficient (Wildman–Crippen LogP) is 1.69. The van der Waals surface area contributed by atoms with E-state index in [0.29, 0.717) is 18.1 Å². The summed E-state index contributed by atoms with van der Waals surface area (Å²) in [4.78, 5) is 19.0. The van der Waals surface area contributed by atoms with Gasteiger partial charge >= 0.3 is 5.97 Å². The number of hydrogen-bond acceptors (Lipinski definition) is 5. The highest BCUT2D eigenvalue weighted by Gasteiger charge is 2.14. The van der Waals surface area contributed by atoms with Crippen LogP contribution in [0.1, 0.15) is 12.7 Å². The number of imidazole rings is 1. The van der Waals surface area contributed by atoms with Gasteiger partial charge in [-0.05, 0) is 19.1 Å². The molecule has 1 aromatic heterocycles. The number of para-hydroxylation sites is 2. The first-order valence-corrected chi connectivity index (χ1v) is 7.29. The van der Waals surface area contributed by atoms with Crippen molar-refractivity contribution in [2.75, 3.05) is 12.4 Å². The summed E-state index contributed by atoms with van der Waals surface area (Å²) in [6, 6.07) is 7.30. The van der Waals surface area contributed by atoms with E-state index in [1.165, 1.54) is 0 Å². The van der Waals surface area contributed by atoms with Crippen molar-refractivity contribution >= 4 is 28.8 Å². The van der Waals surface area contributed by atoms with Crippen molar-refractivity contribution in [3.63, 3.8) is 0 Å². The van der Waals surface area contributed by atoms with Crippen molar-refractivity contribution in [1.82, 2.24) is 9.97 Å². The fraction of sp³-hybridized carbons (Fsp3) is 0.385. The molecule has 0 spiro atoms. The number of carbonyl (C=O) groups excluding carboxylic acids is 1. The highest BCUT2D eigenvalue weighted by molar-refractivity contribution is 7.98. The number of nitrogens with two attached hydrogens (primary N) is 1. The fourth-order valence-corrected chi connectivity index (χ4v) is 2.51. The molecular formula is C13H17N3O2S. The van der Waals surface area contributed by atoms with E-state index in [9.17, 15) is 4.79 Å². The summed E-state index contributed by atoms with van der Waals surface area (Å²) in [6.45, 7) is 2.13. The van der Waals surface area contributed by atoms with E-state index >= 15 is 0 Å². The molecule has 0 radical (unpaired) electrons. The first-order valence-electron chi connectivity index (χ1n) is 6.14. The van der Waals surface area contributed by atoms with E-state index in [1.807, 2.05) is 24.3 Å². The maximum absolute atomic E-state index is 11.3. The maximum atomic E-state index is 11.3. The molecule has 1 heterocycles. The summed E-state index contributed by atoms with van der Waals surface area (Å²) >= 11 is 1.56. The molecule has 1 atom stereocenters. The van der Waals surface area contributed by atoms with Crippen LogP contribution in [-0.2, 0) is 15.3 Å². The molecular weight excluding hydrogens is 262 g/mol. The third-order valence-electron chi connectivity index (χ3n) is 2.56. The van der Waals surface area contributed by atoms with Crippen molar-refractivity contribution < 1.29 is 9.53 Å². The van der Waals surface area contributed by atoms with Gasteiger partial charge in [-0.2, -0.15) is 11.8 Å². The Hall–Kier alpha value is -1.53. The summed E-state index contributed by atoms with van der Waals surface area (Å²) in [5.41, 5.74) is 7.69. The normalized spacial score (nSPS) is 12.5. The molecule has 102 valence electrons. The van der Waals surface area contributed by atoms with Crippen molar-refractivity contribution in [3.8, 4) is 0 Å². The van der Waals surface area contributed by atoms with E-state index < -0.39 is 6.04 Å². The third kappa shape index (κ3) is 3.71. The van der Waals surface area contributed by atoms with Gasteiger partial charge in [0.1, 0.15) is 11.9 Å². The minimum atomic E-state index is -0.575. The van der Waals surface area contributed by atoms with Crippen LogP contribution < -0.4 is 5.73 Å². The first-order chi connectivity index (χ1) is 9.20. The van der Waals surface area contributed by atoms with Crippen LogP contribution in [0.4, 0.5) is 0 Å². The monoisotopic (exact) mass is 279 g/mol. The molecule has 3 N–H and O–H groups in total. The molecule has 0 saturated heterocycles. The van der Waals surface area contributed by atoms with Crippen LogP contribution in [0.5, 0.6) is 0 Å². The molecule has 1 unspecified atom stereocenters. The number of hydrogen-bond donors (Lipinski definition) is 2. The van der Waals surface area contributed by atoms with Gasteiger partial charge in [0.05, 0.1) is 23.4 Å². The van der Waals surface area contributed by atoms with Crippen molar-refractivity contribution in [1.29, 1.82) is 0 Å². The zero-order valence-electron chi connectivity index (χ0n) is 10.8. The van der Waals surface area contributed by atoms with Gasteiger partial charge in [-0.3, -0.25) is 4.79 Å². The average molecular weight is 279 g/mol. The zero-order valence-corrected chi connectivity index (χ0v) is 11.6. The number of nitrogens with one attached hydrogen (secondary N) is 1. The molecule has 5 nitrogen and oxygen atoms in total. The number of aromatic amines is 1. The van der Waals surface area contributed by atoms with Gasteiger partial charge in [0.15, 0.2) is 0 Å². The second-order valence-electron chi connectivity index (χ2n) is 4.07. The number of thioether (sulfide) groups is 1. The van der Waals surface area contributed by atoms with Gasteiger partial charge in [-0.25, -0.2) is 4.98 Å². The zero-order chi connectivity index (χ0) is 13.7. The van der Waals surface area contributed by atoms with Crippen LogP contribution in [0.2, 0.25) is 0 Å². The molecule has 0 fully saturated rings. The summed E-state index contributed by atoms with van der Waals surface area (Å²) in [6.07, 6.45) is 0. The van der Waals surface area contributed by atoms with Crippen LogP contribution in [0.25, 0.3) is 11.0 Å². The van der Waals surface area contributed by atoms with Crippen LogP contribution >= 0.6 is 11.8 Å². The Morgan fingerprint density at radius 2 is 2.32 bits per heavy atom. The molecule has 0 aliphatic carbocycles. The van der Waals surface area contributed by atoms with Gasteiger partial charge in [-0.15, -0.1) is 0 Å². The summed E-state index contributed by atoms with van der Waals surface area (Å²) in [5, 5.41) is 0. The quantitative estimate of drug-likeness (QED) is 0.786. The second-order valence-corrected chi connectivity index (χ2v) is 5.10. The highest BCUT2D eigenvalue weighted by Crippen LogP contribution is 2.15. The van der Waals surface area contributed by atoms with Gasteiger partial charge in [-0.1, -0.05) is 12.1 Å². The third-order valence-corrected chi connectivity index (χ3v) is 3.64. The molecule has 1 aromatic carbocycles. The Bertz CT molecular complexity index is 523. The van der Waals surface area contributed by atoms with Gasteiger partial charge in [0.25, 0.3) is 0 Å². The number of nitrogens with zero attached hydrogens (tertiary/aromatic N) is 1. The molecule has 0 amide bonds. The number of ether oxygens (including phenoxy) is 1.